The van der Waals surface area contributed by atoms with Crippen molar-refractivity contribution >= 4 is 39.3 Å². The van der Waals surface area contributed by atoms with Gasteiger partial charge in [-0.05, 0) is 60.0 Å². The van der Waals surface area contributed by atoms with Crippen LogP contribution in [0.15, 0.2) is 72.9 Å². The fourth-order valence-electron chi connectivity index (χ4n) is 5.20. The van der Waals surface area contributed by atoms with Crippen molar-refractivity contribution in [2.45, 2.75) is 38.1 Å². The van der Waals surface area contributed by atoms with Crippen LogP contribution in [-0.2, 0) is 19.7 Å². The molecule has 0 unspecified atom stereocenters. The maximum Gasteiger partial charge on any atom is 0.266 e. The number of hydrogen-bond donors (Lipinski definition) is 6. The summed E-state index contributed by atoms with van der Waals surface area (Å²) in [4.78, 5) is 35.1. The van der Waals surface area contributed by atoms with E-state index in [9.17, 15) is 37.9 Å². The molecule has 0 aliphatic rings. The van der Waals surface area contributed by atoms with Gasteiger partial charge >= 0.3 is 0 Å². The normalized spacial score (nSPS) is 11.9. The second kappa shape index (κ2) is 18.7. The Morgan fingerprint density at radius 1 is 0.980 bits per heavy atom. The van der Waals surface area contributed by atoms with Gasteiger partial charge in [-0.3, -0.25) is 14.1 Å². The number of thiazole rings is 1. The summed E-state index contributed by atoms with van der Waals surface area (Å²) in [5, 5.41) is 33.2. The molecule has 0 saturated heterocycles. The lowest BCUT2D eigenvalue weighted by Crippen LogP contribution is -2.61. The molecular formula is C36H44N4O9S2. The van der Waals surface area contributed by atoms with Gasteiger partial charge in [-0.25, -0.2) is 4.98 Å². The van der Waals surface area contributed by atoms with E-state index in [2.05, 4.69) is 17.2 Å². The highest BCUT2D eigenvalue weighted by Gasteiger charge is 2.39. The molecule has 0 atom stereocenters. The van der Waals surface area contributed by atoms with Crippen molar-refractivity contribution in [2.75, 3.05) is 45.3 Å². The predicted molar refractivity (Wildman–Crippen MR) is 197 cm³/mol. The van der Waals surface area contributed by atoms with Gasteiger partial charge in [-0.1, -0.05) is 50.5 Å². The summed E-state index contributed by atoms with van der Waals surface area (Å²) in [6, 6.07) is 18.5. The van der Waals surface area contributed by atoms with Gasteiger partial charge in [0.25, 0.3) is 16.0 Å². The van der Waals surface area contributed by atoms with Crippen LogP contribution in [-0.4, -0.2) is 106 Å². The van der Waals surface area contributed by atoms with Gasteiger partial charge < -0.3 is 35.3 Å². The molecule has 2 heterocycles. The van der Waals surface area contributed by atoms with Gasteiger partial charge in [0.15, 0.2) is 6.61 Å². The van der Waals surface area contributed by atoms with Crippen LogP contribution in [0, 0.1) is 0 Å². The number of benzene rings is 2. The standard InChI is InChI=1S/C36H44N4O9S2/c1-2-3-4-5-18-38-31(44)17-10-26-8-11-28(12-9-26)34-33(39-35(50-34)30-7-6-19-37-30)27-13-15-29(16-14-27)49-22-32(45)40(20-21-51(46,47)48)36(23-41,24-42)25-43/h6-17,19,37,41-43H,2-5,18,20-25H2,1H3,(H,38,44)(H,46,47,48). The predicted octanol–water partition coefficient (Wildman–Crippen LogP) is 3.99. The summed E-state index contributed by atoms with van der Waals surface area (Å²) in [6.45, 7) is -0.971. The number of aliphatic hydroxyl groups is 3. The number of aliphatic hydroxyl groups excluding tert-OH is 3. The number of nitrogens with one attached hydrogen (secondary N) is 2. The lowest BCUT2D eigenvalue weighted by molar-refractivity contribution is -0.147. The third-order valence-electron chi connectivity index (χ3n) is 8.20. The van der Waals surface area contributed by atoms with E-state index in [1.54, 1.807) is 30.3 Å². The number of amides is 2. The van der Waals surface area contributed by atoms with Crippen molar-refractivity contribution in [2.24, 2.45) is 0 Å². The Labute approximate surface area is 301 Å². The number of nitrogens with zero attached hydrogens (tertiary/aromatic N) is 2. The van der Waals surface area contributed by atoms with E-state index in [0.717, 1.165) is 62.9 Å². The zero-order valence-electron chi connectivity index (χ0n) is 28.3. The third-order valence-corrected chi connectivity index (χ3v) is 10.0. The Bertz CT molecular complexity index is 1830. The smallest absolute Gasteiger partial charge is 0.266 e. The van der Waals surface area contributed by atoms with Crippen LogP contribution in [0.3, 0.4) is 0 Å². The van der Waals surface area contributed by atoms with Crippen molar-refractivity contribution in [3.8, 4) is 38.1 Å². The highest BCUT2D eigenvalue weighted by atomic mass is 32.2. The van der Waals surface area contributed by atoms with Gasteiger partial charge in [0.05, 0.1) is 41.8 Å². The molecular weight excluding hydrogens is 697 g/mol. The number of carbonyl (C=O) groups is 2. The van der Waals surface area contributed by atoms with E-state index in [4.69, 9.17) is 9.72 Å². The van der Waals surface area contributed by atoms with Crippen LogP contribution >= 0.6 is 11.3 Å². The highest BCUT2D eigenvalue weighted by molar-refractivity contribution is 7.85. The summed E-state index contributed by atoms with van der Waals surface area (Å²) < 4.78 is 37.6. The molecule has 13 nitrogen and oxygen atoms in total. The molecule has 6 N–H and O–H groups in total. The summed E-state index contributed by atoms with van der Waals surface area (Å²) in [7, 11) is -4.49. The summed E-state index contributed by atoms with van der Waals surface area (Å²) in [5.74, 6) is -1.52. The average molecular weight is 741 g/mol. The van der Waals surface area contributed by atoms with Crippen LogP contribution in [0.25, 0.3) is 38.5 Å². The number of hydrogen-bond acceptors (Lipinski definition) is 10. The molecule has 2 aromatic carbocycles. The van der Waals surface area contributed by atoms with Crippen LogP contribution < -0.4 is 10.1 Å². The molecule has 2 amide bonds. The first kappa shape index (κ1) is 39.4. The number of rotatable bonds is 20. The SMILES string of the molecule is CCCCCCNC(=O)C=Cc1ccc(-c2sc(-c3ccc[nH]3)nc2-c2ccc(OCC(=O)N(CCS(=O)(=O)O)C(CO)(CO)CO)cc2)cc1. The van der Waals surface area contributed by atoms with E-state index in [-0.39, 0.29) is 5.91 Å². The van der Waals surface area contributed by atoms with Gasteiger partial charge in [0.1, 0.15) is 16.3 Å². The average Bonchev–Trinajstić information content (AvgIpc) is 3.83. The molecule has 4 aromatic rings. The molecule has 0 aliphatic carbocycles. The van der Waals surface area contributed by atoms with E-state index in [1.807, 2.05) is 42.6 Å². The number of H-pyrrole nitrogens is 1. The summed E-state index contributed by atoms with van der Waals surface area (Å²) in [6.07, 6.45) is 9.49. The topological polar surface area (TPSA) is 202 Å². The first-order chi connectivity index (χ1) is 24.5. The van der Waals surface area contributed by atoms with Crippen LogP contribution in [0.1, 0.15) is 38.2 Å². The Kier molecular flexibility index (Phi) is 14.5. The number of ether oxygens (including phenoxy) is 1. The molecule has 0 bridgehead atoms. The Morgan fingerprint density at radius 3 is 2.27 bits per heavy atom. The molecule has 0 aliphatic heterocycles. The van der Waals surface area contributed by atoms with Gasteiger partial charge in [0, 0.05) is 30.9 Å². The van der Waals surface area contributed by atoms with Gasteiger partial charge in [-0.2, -0.15) is 8.42 Å². The minimum absolute atomic E-state index is 0.129. The molecule has 4 rings (SSSR count). The van der Waals surface area contributed by atoms with E-state index in [1.165, 1.54) is 17.4 Å². The first-order valence-electron chi connectivity index (χ1n) is 16.5. The largest absolute Gasteiger partial charge is 0.484 e. The Hall–Kier alpha value is -4.38. The molecule has 0 spiro atoms. The molecule has 0 radical (unpaired) electrons. The first-order valence-corrected chi connectivity index (χ1v) is 19.0. The molecule has 51 heavy (non-hydrogen) atoms. The second-order valence-corrected chi connectivity index (χ2v) is 14.5. The van der Waals surface area contributed by atoms with Crippen LogP contribution in [0.5, 0.6) is 5.75 Å². The van der Waals surface area contributed by atoms with Crippen LogP contribution in [0.4, 0.5) is 0 Å². The highest BCUT2D eigenvalue weighted by Crippen LogP contribution is 2.40. The van der Waals surface area contributed by atoms with Crippen molar-refractivity contribution in [3.05, 3.63) is 78.5 Å². The van der Waals surface area contributed by atoms with E-state index >= 15 is 0 Å². The Morgan fingerprint density at radius 2 is 1.67 bits per heavy atom. The van der Waals surface area contributed by atoms with Crippen LogP contribution in [0.2, 0.25) is 0 Å². The zero-order valence-corrected chi connectivity index (χ0v) is 30.0. The molecule has 0 saturated carbocycles. The minimum Gasteiger partial charge on any atom is -0.484 e. The minimum atomic E-state index is -4.49. The molecule has 0 fully saturated rings. The fourth-order valence-corrected chi connectivity index (χ4v) is 6.70. The van der Waals surface area contributed by atoms with Gasteiger partial charge in [-0.15, -0.1) is 11.3 Å². The van der Waals surface area contributed by atoms with E-state index in [0.29, 0.717) is 18.0 Å². The van der Waals surface area contributed by atoms with Crippen molar-refractivity contribution in [1.82, 2.24) is 20.2 Å². The molecule has 2 aromatic heterocycles. The lowest BCUT2D eigenvalue weighted by Gasteiger charge is -2.40. The van der Waals surface area contributed by atoms with Crippen molar-refractivity contribution < 1.29 is 42.6 Å². The summed E-state index contributed by atoms with van der Waals surface area (Å²) >= 11 is 1.51. The second-order valence-electron chi connectivity index (χ2n) is 11.9. The fraction of sp³-hybridized carbons (Fsp3) is 0.361. The Balaban J connectivity index is 1.50. The number of carbonyl (C=O) groups excluding carboxylic acids is 2. The number of aromatic amines is 1. The maximum atomic E-state index is 13.1. The number of aromatic nitrogens is 2. The third kappa shape index (κ3) is 11.1. The number of unbranched alkanes of at least 4 members (excludes halogenated alkanes) is 3. The summed E-state index contributed by atoms with van der Waals surface area (Å²) in [5.41, 5.74) is 2.27. The van der Waals surface area contributed by atoms with Crippen molar-refractivity contribution in [1.29, 1.82) is 0 Å². The van der Waals surface area contributed by atoms with Gasteiger partial charge in [0.2, 0.25) is 5.91 Å². The monoisotopic (exact) mass is 740 g/mol. The van der Waals surface area contributed by atoms with Crippen molar-refractivity contribution in [3.63, 3.8) is 0 Å². The molecule has 15 heteroatoms. The molecule has 274 valence electrons. The zero-order chi connectivity index (χ0) is 36.9. The maximum absolute atomic E-state index is 13.1. The van der Waals surface area contributed by atoms with E-state index < -0.39 is 60.3 Å². The quantitative estimate of drug-likeness (QED) is 0.0437. The lowest BCUT2D eigenvalue weighted by atomic mass is 10.0.